The zero-order chi connectivity index (χ0) is 27.2. The molecule has 4 aromatic rings. The maximum absolute atomic E-state index is 13.2. The molecule has 198 valence electrons. The fourth-order valence-corrected chi connectivity index (χ4v) is 5.56. The lowest BCUT2D eigenvalue weighted by Gasteiger charge is -2.13. The van der Waals surface area contributed by atoms with Crippen molar-refractivity contribution in [1.29, 1.82) is 0 Å². The Morgan fingerprint density at radius 2 is 1.82 bits per heavy atom. The summed E-state index contributed by atoms with van der Waals surface area (Å²) in [6.45, 7) is 3.09. The number of hydrogen-bond acceptors (Lipinski definition) is 5. The van der Waals surface area contributed by atoms with Gasteiger partial charge < -0.3 is 4.74 Å². The van der Waals surface area contributed by atoms with E-state index < -0.39 is 0 Å². The number of carbonyl (C=O) groups is 1. The number of thiocarbonyl (C=S) groups is 1. The zero-order valence-corrected chi connectivity index (χ0v) is 23.2. The molecular weight excluding hydrogens is 529 g/mol. The molecule has 0 unspecified atom stereocenters. The minimum atomic E-state index is -0.278. The van der Waals surface area contributed by atoms with Crippen LogP contribution in [-0.4, -0.2) is 31.5 Å². The van der Waals surface area contributed by atoms with Gasteiger partial charge in [0.05, 0.1) is 10.6 Å². The number of ether oxygens (including phenoxy) is 1. The number of nitrogens with zero attached hydrogens (tertiary/aromatic N) is 3. The van der Waals surface area contributed by atoms with Crippen LogP contribution in [0.1, 0.15) is 37.3 Å². The van der Waals surface area contributed by atoms with Gasteiger partial charge in [0.1, 0.15) is 28.2 Å². The van der Waals surface area contributed by atoms with Gasteiger partial charge in [0.15, 0.2) is 0 Å². The summed E-state index contributed by atoms with van der Waals surface area (Å²) in [7, 11) is 0. The molecule has 0 spiro atoms. The predicted molar refractivity (Wildman–Crippen MR) is 159 cm³/mol. The topological polar surface area (TPSA) is 47.4 Å². The number of thioether (sulfide) groups is 1. The molecule has 1 aliphatic rings. The van der Waals surface area contributed by atoms with E-state index in [0.717, 1.165) is 47.3 Å². The summed E-state index contributed by atoms with van der Waals surface area (Å²) in [4.78, 5) is 15.5. The largest absolute Gasteiger partial charge is 0.489 e. The van der Waals surface area contributed by atoms with E-state index >= 15 is 0 Å². The second kappa shape index (κ2) is 12.4. The first-order valence-electron chi connectivity index (χ1n) is 12.9. The second-order valence-electron chi connectivity index (χ2n) is 9.20. The molecule has 2 heterocycles. The van der Waals surface area contributed by atoms with Crippen molar-refractivity contribution in [1.82, 2.24) is 14.7 Å². The third-order valence-electron chi connectivity index (χ3n) is 6.33. The number of amides is 1. The Hall–Kier alpha value is -3.75. The highest BCUT2D eigenvalue weighted by Crippen LogP contribution is 2.35. The van der Waals surface area contributed by atoms with E-state index in [1.807, 2.05) is 71.6 Å². The van der Waals surface area contributed by atoms with Crippen molar-refractivity contribution in [3.05, 3.63) is 107 Å². The number of rotatable bonds is 10. The number of aromatic nitrogens is 2. The second-order valence-corrected chi connectivity index (χ2v) is 10.9. The molecule has 0 bridgehead atoms. The van der Waals surface area contributed by atoms with Crippen molar-refractivity contribution in [2.75, 3.05) is 6.54 Å². The molecule has 1 saturated heterocycles. The van der Waals surface area contributed by atoms with Gasteiger partial charge in [0.25, 0.3) is 5.91 Å². The van der Waals surface area contributed by atoms with E-state index in [1.165, 1.54) is 23.9 Å². The van der Waals surface area contributed by atoms with Crippen molar-refractivity contribution >= 4 is 40.3 Å². The van der Waals surface area contributed by atoms with Gasteiger partial charge in [-0.25, -0.2) is 9.07 Å². The summed E-state index contributed by atoms with van der Waals surface area (Å²) in [5.74, 6) is 0.329. The molecule has 5 rings (SSSR count). The van der Waals surface area contributed by atoms with Crippen LogP contribution in [0.3, 0.4) is 0 Å². The highest BCUT2D eigenvalue weighted by Gasteiger charge is 2.32. The fourth-order valence-electron chi connectivity index (χ4n) is 4.26. The molecule has 0 radical (unpaired) electrons. The number of hydrogen-bond donors (Lipinski definition) is 0. The number of benzene rings is 3. The average Bonchev–Trinajstić information content (AvgIpc) is 3.50. The number of halogens is 1. The smallest absolute Gasteiger partial charge is 0.266 e. The maximum atomic E-state index is 13.2. The van der Waals surface area contributed by atoms with Gasteiger partial charge in [0.2, 0.25) is 0 Å². The van der Waals surface area contributed by atoms with Crippen molar-refractivity contribution in [3.8, 4) is 22.7 Å². The van der Waals surface area contributed by atoms with Crippen LogP contribution in [0.5, 0.6) is 5.75 Å². The SMILES string of the molecule is CCCCCN1C(=O)C(=Cc2cn(-c3ccccc3)nc2-c2cccc(OCc3ccc(F)cc3)c2)SC1=S. The van der Waals surface area contributed by atoms with Gasteiger partial charge in [0, 0.05) is 23.9 Å². The minimum Gasteiger partial charge on any atom is -0.489 e. The first-order valence-corrected chi connectivity index (χ1v) is 14.1. The molecular formula is C31H28FN3O2S2. The van der Waals surface area contributed by atoms with Gasteiger partial charge in [-0.3, -0.25) is 9.69 Å². The molecule has 0 saturated carbocycles. The van der Waals surface area contributed by atoms with Crippen LogP contribution in [-0.2, 0) is 11.4 Å². The van der Waals surface area contributed by atoms with Crippen LogP contribution < -0.4 is 4.74 Å². The Morgan fingerprint density at radius 1 is 1.03 bits per heavy atom. The first-order chi connectivity index (χ1) is 19.0. The lowest BCUT2D eigenvalue weighted by Crippen LogP contribution is -2.28. The van der Waals surface area contributed by atoms with Crippen molar-refractivity contribution in [2.24, 2.45) is 0 Å². The normalized spacial score (nSPS) is 14.4. The highest BCUT2D eigenvalue weighted by molar-refractivity contribution is 8.26. The third kappa shape index (κ3) is 6.46. The van der Waals surface area contributed by atoms with Crippen LogP contribution in [0.4, 0.5) is 4.39 Å². The quantitative estimate of drug-likeness (QED) is 0.114. The molecule has 0 aliphatic carbocycles. The van der Waals surface area contributed by atoms with Gasteiger partial charge >= 0.3 is 0 Å². The van der Waals surface area contributed by atoms with Gasteiger partial charge in [-0.1, -0.05) is 86.2 Å². The van der Waals surface area contributed by atoms with Crippen LogP contribution in [0.15, 0.2) is 90.0 Å². The van der Waals surface area contributed by atoms with Crippen molar-refractivity contribution in [2.45, 2.75) is 32.8 Å². The van der Waals surface area contributed by atoms with E-state index in [0.29, 0.717) is 28.1 Å². The van der Waals surface area contributed by atoms with Crippen LogP contribution in [0, 0.1) is 5.82 Å². The lowest BCUT2D eigenvalue weighted by atomic mass is 10.1. The first kappa shape index (κ1) is 26.8. The minimum absolute atomic E-state index is 0.0594. The summed E-state index contributed by atoms with van der Waals surface area (Å²) in [5.41, 5.74) is 4.17. The van der Waals surface area contributed by atoms with E-state index in [1.54, 1.807) is 17.0 Å². The molecule has 3 aromatic carbocycles. The Kier molecular flexibility index (Phi) is 8.54. The number of unbranched alkanes of at least 4 members (excludes halogenated alkanes) is 2. The summed E-state index contributed by atoms with van der Waals surface area (Å²) >= 11 is 6.87. The molecule has 5 nitrogen and oxygen atoms in total. The maximum Gasteiger partial charge on any atom is 0.266 e. The van der Waals surface area contributed by atoms with Crippen LogP contribution in [0.25, 0.3) is 23.0 Å². The molecule has 0 atom stereocenters. The molecule has 1 aliphatic heterocycles. The standard InChI is InChI=1S/C31H28FN3O2S2/c1-2-3-7-17-34-30(36)28(39-31(34)38)19-24-20-35(26-10-5-4-6-11-26)33-29(24)23-9-8-12-27(18-23)37-21-22-13-15-25(32)16-14-22/h4-6,8-16,18-20H,2-3,7,17,21H2,1H3. The molecule has 1 fully saturated rings. The van der Waals surface area contributed by atoms with Crippen LogP contribution >= 0.6 is 24.0 Å². The van der Waals surface area contributed by atoms with Gasteiger partial charge in [-0.2, -0.15) is 5.10 Å². The summed E-state index contributed by atoms with van der Waals surface area (Å²) in [6.07, 6.45) is 6.88. The van der Waals surface area contributed by atoms with E-state index in [9.17, 15) is 9.18 Å². The fraction of sp³-hybridized carbons (Fsp3) is 0.194. The molecule has 8 heteroatoms. The Balaban J connectivity index is 1.46. The zero-order valence-electron chi connectivity index (χ0n) is 21.5. The predicted octanol–water partition coefficient (Wildman–Crippen LogP) is 7.65. The average molecular weight is 558 g/mol. The van der Waals surface area contributed by atoms with Gasteiger partial charge in [-0.05, 0) is 54.5 Å². The molecule has 0 N–H and O–H groups in total. The molecule has 1 aromatic heterocycles. The summed E-state index contributed by atoms with van der Waals surface area (Å²) in [6, 6.07) is 23.8. The molecule has 1 amide bonds. The molecule has 39 heavy (non-hydrogen) atoms. The Bertz CT molecular complexity index is 1500. The summed E-state index contributed by atoms with van der Waals surface area (Å²) < 4.78 is 21.7. The number of carbonyl (C=O) groups excluding carboxylic acids is 1. The summed E-state index contributed by atoms with van der Waals surface area (Å²) in [5, 5.41) is 4.89. The number of para-hydroxylation sites is 1. The van der Waals surface area contributed by atoms with E-state index in [-0.39, 0.29) is 11.7 Å². The Labute approximate surface area is 237 Å². The van der Waals surface area contributed by atoms with Crippen molar-refractivity contribution < 1.29 is 13.9 Å². The lowest BCUT2D eigenvalue weighted by molar-refractivity contribution is -0.122. The van der Waals surface area contributed by atoms with E-state index in [2.05, 4.69) is 6.92 Å². The third-order valence-corrected chi connectivity index (χ3v) is 7.71. The Morgan fingerprint density at radius 3 is 2.59 bits per heavy atom. The van der Waals surface area contributed by atoms with Gasteiger partial charge in [-0.15, -0.1) is 0 Å². The van der Waals surface area contributed by atoms with Crippen molar-refractivity contribution in [3.63, 3.8) is 0 Å². The van der Waals surface area contributed by atoms with Crippen LogP contribution in [0.2, 0.25) is 0 Å². The van der Waals surface area contributed by atoms with E-state index in [4.69, 9.17) is 22.1 Å². The highest BCUT2D eigenvalue weighted by atomic mass is 32.2. The monoisotopic (exact) mass is 557 g/mol.